The van der Waals surface area contributed by atoms with Crippen LogP contribution >= 0.6 is 0 Å². The molecule has 2 bridgehead atoms. The maximum atomic E-state index is 3.65. The molecule has 1 saturated heterocycles. The highest BCUT2D eigenvalue weighted by atomic mass is 15.0. The number of hydrogen-bond acceptors (Lipinski definition) is 1. The van der Waals surface area contributed by atoms with Crippen molar-refractivity contribution in [3.63, 3.8) is 0 Å². The number of hydrogen-bond donors (Lipinski definition) is 1. The van der Waals surface area contributed by atoms with E-state index in [-0.39, 0.29) is 0 Å². The highest BCUT2D eigenvalue weighted by molar-refractivity contribution is 5.03. The topological polar surface area (TPSA) is 12.0 Å². The van der Waals surface area contributed by atoms with Crippen LogP contribution in [-0.4, -0.2) is 12.6 Å². The van der Waals surface area contributed by atoms with Gasteiger partial charge in [0.05, 0.1) is 0 Å². The smallest absolute Gasteiger partial charge is 0.0127 e. The Balaban J connectivity index is 1.92. The molecule has 0 spiro atoms. The van der Waals surface area contributed by atoms with Gasteiger partial charge in [-0.3, -0.25) is 0 Å². The molecule has 0 amide bonds. The quantitative estimate of drug-likeness (QED) is 0.532. The normalized spacial score (nSPS) is 57.6. The Labute approximate surface area is 62.2 Å². The van der Waals surface area contributed by atoms with Gasteiger partial charge >= 0.3 is 0 Å². The predicted molar refractivity (Wildman–Crippen MR) is 40.7 cm³/mol. The second-order valence-corrected chi connectivity index (χ2v) is 4.27. The number of fused-ring (bicyclic) bond motifs is 5. The summed E-state index contributed by atoms with van der Waals surface area (Å²) in [6, 6.07) is 0.957. The average Bonchev–Trinajstić information content (AvgIpc) is 2.60. The molecule has 2 aliphatic carbocycles. The molecule has 3 rings (SSSR count). The van der Waals surface area contributed by atoms with Crippen molar-refractivity contribution in [3.8, 4) is 0 Å². The van der Waals surface area contributed by atoms with Gasteiger partial charge in [0.2, 0.25) is 0 Å². The van der Waals surface area contributed by atoms with Gasteiger partial charge < -0.3 is 5.32 Å². The summed E-state index contributed by atoms with van der Waals surface area (Å²) in [5.74, 6) is 3.31. The van der Waals surface area contributed by atoms with E-state index in [0.717, 1.165) is 23.8 Å². The molecule has 1 nitrogen and oxygen atoms in total. The Hall–Kier alpha value is -0.0400. The van der Waals surface area contributed by atoms with E-state index in [0.29, 0.717) is 0 Å². The predicted octanol–water partition coefficient (Wildman–Crippen LogP) is 1.39. The lowest BCUT2D eigenvalue weighted by atomic mass is 9.85. The Kier molecular flexibility index (Phi) is 0.984. The second-order valence-electron chi connectivity index (χ2n) is 4.27. The van der Waals surface area contributed by atoms with Crippen LogP contribution in [0.15, 0.2) is 0 Å². The second kappa shape index (κ2) is 1.76. The lowest BCUT2D eigenvalue weighted by molar-refractivity contribution is 0.307. The van der Waals surface area contributed by atoms with E-state index < -0.39 is 0 Å². The van der Waals surface area contributed by atoms with Gasteiger partial charge in [0.25, 0.3) is 0 Å². The molecule has 0 radical (unpaired) electrons. The largest absolute Gasteiger partial charge is 0.313 e. The molecule has 0 aromatic heterocycles. The van der Waals surface area contributed by atoms with Crippen molar-refractivity contribution in [1.29, 1.82) is 0 Å². The summed E-state index contributed by atoms with van der Waals surface area (Å²) in [5, 5.41) is 3.65. The average molecular weight is 137 g/mol. The monoisotopic (exact) mass is 137 g/mol. The van der Waals surface area contributed by atoms with Crippen LogP contribution in [0, 0.1) is 17.8 Å². The third-order valence-electron chi connectivity index (χ3n) is 3.95. The van der Waals surface area contributed by atoms with Gasteiger partial charge in [-0.25, -0.2) is 0 Å². The molecule has 10 heavy (non-hydrogen) atoms. The van der Waals surface area contributed by atoms with Crippen molar-refractivity contribution in [2.45, 2.75) is 31.7 Å². The van der Waals surface area contributed by atoms with Crippen molar-refractivity contribution < 1.29 is 0 Å². The minimum Gasteiger partial charge on any atom is -0.313 e. The Morgan fingerprint density at radius 1 is 1.00 bits per heavy atom. The summed E-state index contributed by atoms with van der Waals surface area (Å²) in [6.45, 7) is 1.31. The molecule has 4 unspecified atom stereocenters. The molecule has 1 aliphatic heterocycles. The van der Waals surface area contributed by atoms with Crippen molar-refractivity contribution in [1.82, 2.24) is 5.32 Å². The molecule has 1 heterocycles. The first-order valence-electron chi connectivity index (χ1n) is 4.68. The first kappa shape index (κ1) is 5.59. The van der Waals surface area contributed by atoms with Gasteiger partial charge in [0.1, 0.15) is 0 Å². The van der Waals surface area contributed by atoms with Crippen molar-refractivity contribution in [2.75, 3.05) is 6.54 Å². The van der Waals surface area contributed by atoms with Gasteiger partial charge in [0, 0.05) is 6.04 Å². The fourth-order valence-corrected chi connectivity index (χ4v) is 3.56. The van der Waals surface area contributed by atoms with E-state index in [9.17, 15) is 0 Å². The summed E-state index contributed by atoms with van der Waals surface area (Å²) in [4.78, 5) is 0. The molecule has 3 aliphatic rings. The zero-order chi connectivity index (χ0) is 6.55. The van der Waals surface area contributed by atoms with Gasteiger partial charge in [-0.15, -0.1) is 0 Å². The van der Waals surface area contributed by atoms with Gasteiger partial charge in [-0.1, -0.05) is 0 Å². The molecule has 0 aromatic carbocycles. The maximum absolute atomic E-state index is 3.65. The van der Waals surface area contributed by atoms with E-state index in [1.165, 1.54) is 19.4 Å². The van der Waals surface area contributed by atoms with E-state index in [1.54, 1.807) is 12.8 Å². The molecule has 56 valence electrons. The number of nitrogens with one attached hydrogen (secondary N) is 1. The summed E-state index contributed by atoms with van der Waals surface area (Å²) in [5.41, 5.74) is 0. The van der Waals surface area contributed by atoms with Crippen LogP contribution in [0.3, 0.4) is 0 Å². The van der Waals surface area contributed by atoms with Crippen molar-refractivity contribution in [3.05, 3.63) is 0 Å². The molecule has 1 heteroatoms. The Bertz CT molecular complexity index is 139. The highest BCUT2D eigenvalue weighted by Gasteiger charge is 2.48. The van der Waals surface area contributed by atoms with Gasteiger partial charge in [0.15, 0.2) is 0 Å². The van der Waals surface area contributed by atoms with E-state index in [1.807, 2.05) is 0 Å². The molecule has 4 atom stereocenters. The fraction of sp³-hybridized carbons (Fsp3) is 1.00. The Morgan fingerprint density at radius 2 is 1.90 bits per heavy atom. The van der Waals surface area contributed by atoms with E-state index in [2.05, 4.69) is 5.32 Å². The standard InChI is InChI=1S/C9H15N/c1-2-7-5-6(1)8-3-4-10-9(7)8/h6-10H,1-5H2. The van der Waals surface area contributed by atoms with E-state index in [4.69, 9.17) is 0 Å². The van der Waals surface area contributed by atoms with Crippen LogP contribution in [0.25, 0.3) is 0 Å². The Morgan fingerprint density at radius 3 is 2.80 bits per heavy atom. The SMILES string of the molecule is C1CC2C3CCC(C3)C2N1. The van der Waals surface area contributed by atoms with Gasteiger partial charge in [-0.2, -0.15) is 0 Å². The molecule has 0 aromatic rings. The summed E-state index contributed by atoms with van der Waals surface area (Å²) in [6.07, 6.45) is 6.11. The van der Waals surface area contributed by atoms with Gasteiger partial charge in [-0.05, 0) is 50.0 Å². The van der Waals surface area contributed by atoms with Crippen LogP contribution in [-0.2, 0) is 0 Å². The lowest BCUT2D eigenvalue weighted by Gasteiger charge is -2.23. The van der Waals surface area contributed by atoms with Crippen LogP contribution in [0.5, 0.6) is 0 Å². The fourth-order valence-electron chi connectivity index (χ4n) is 3.56. The maximum Gasteiger partial charge on any atom is 0.0127 e. The summed E-state index contributed by atoms with van der Waals surface area (Å²) in [7, 11) is 0. The number of rotatable bonds is 0. The van der Waals surface area contributed by atoms with Crippen molar-refractivity contribution >= 4 is 0 Å². The third kappa shape index (κ3) is 0.531. The lowest BCUT2D eigenvalue weighted by Crippen LogP contribution is -2.32. The molecular formula is C9H15N. The first-order valence-corrected chi connectivity index (χ1v) is 4.68. The molecular weight excluding hydrogens is 122 g/mol. The molecule has 2 saturated carbocycles. The molecule has 3 fully saturated rings. The van der Waals surface area contributed by atoms with Crippen LogP contribution in [0.1, 0.15) is 25.7 Å². The summed E-state index contributed by atoms with van der Waals surface area (Å²) >= 11 is 0. The third-order valence-corrected chi connectivity index (χ3v) is 3.95. The zero-order valence-electron chi connectivity index (χ0n) is 6.34. The van der Waals surface area contributed by atoms with Crippen LogP contribution < -0.4 is 5.32 Å². The van der Waals surface area contributed by atoms with Crippen LogP contribution in [0.2, 0.25) is 0 Å². The minimum absolute atomic E-state index is 0.957. The minimum atomic E-state index is 0.957. The van der Waals surface area contributed by atoms with Crippen molar-refractivity contribution in [2.24, 2.45) is 17.8 Å². The van der Waals surface area contributed by atoms with Crippen LogP contribution in [0.4, 0.5) is 0 Å². The summed E-state index contributed by atoms with van der Waals surface area (Å²) < 4.78 is 0. The molecule has 1 N–H and O–H groups in total. The first-order chi connectivity index (χ1) is 4.95. The zero-order valence-corrected chi connectivity index (χ0v) is 6.34. The highest BCUT2D eigenvalue weighted by Crippen LogP contribution is 2.51. The van der Waals surface area contributed by atoms with E-state index >= 15 is 0 Å².